The Balaban J connectivity index is 2.87. The van der Waals surface area contributed by atoms with Crippen molar-refractivity contribution in [2.75, 3.05) is 14.2 Å². The predicted molar refractivity (Wildman–Crippen MR) is 70.4 cm³/mol. The molecule has 0 amide bonds. The van der Waals surface area contributed by atoms with Crippen LogP contribution in [0.5, 0.6) is 5.75 Å². The van der Waals surface area contributed by atoms with E-state index in [9.17, 15) is 27.9 Å². The van der Waals surface area contributed by atoms with Gasteiger partial charge in [-0.3, -0.25) is 4.79 Å². The molecule has 1 rings (SSSR count). The van der Waals surface area contributed by atoms with E-state index in [0.29, 0.717) is 5.56 Å². The maximum atomic E-state index is 12.1. The van der Waals surface area contributed by atoms with E-state index < -0.39 is 36.1 Å². The first-order valence-electron chi connectivity index (χ1n) is 6.36. The lowest BCUT2D eigenvalue weighted by Crippen LogP contribution is -2.37. The molecule has 128 valence electrons. The Morgan fingerprint density at radius 2 is 1.61 bits per heavy atom. The SMILES string of the molecule is COC(=O)C(O)C(Cc1ccc(OC(F)(F)F)cc1)C(=O)OC. The van der Waals surface area contributed by atoms with Crippen molar-refractivity contribution in [2.45, 2.75) is 18.9 Å². The van der Waals surface area contributed by atoms with Crippen LogP contribution in [0.1, 0.15) is 5.56 Å². The van der Waals surface area contributed by atoms with Gasteiger partial charge in [0.25, 0.3) is 0 Å². The minimum atomic E-state index is -4.81. The van der Waals surface area contributed by atoms with E-state index in [-0.39, 0.29) is 6.42 Å². The molecule has 1 N–H and O–H groups in total. The van der Waals surface area contributed by atoms with Crippen LogP contribution in [-0.2, 0) is 25.5 Å². The van der Waals surface area contributed by atoms with Crippen LogP contribution in [0, 0.1) is 5.92 Å². The molecule has 0 aromatic heterocycles. The topological polar surface area (TPSA) is 82.1 Å². The molecule has 0 saturated heterocycles. The molecule has 2 unspecified atom stereocenters. The third kappa shape index (κ3) is 5.78. The molecule has 1 aromatic carbocycles. The van der Waals surface area contributed by atoms with Crippen molar-refractivity contribution in [3.63, 3.8) is 0 Å². The summed E-state index contributed by atoms with van der Waals surface area (Å²) in [5.41, 5.74) is 0.401. The lowest BCUT2D eigenvalue weighted by molar-refractivity contribution is -0.274. The number of carbonyl (C=O) groups is 2. The Bertz CT molecular complexity index is 540. The Labute approximate surface area is 129 Å². The summed E-state index contributed by atoms with van der Waals surface area (Å²) in [4.78, 5) is 23.0. The lowest BCUT2D eigenvalue weighted by atomic mass is 9.94. The van der Waals surface area contributed by atoms with Crippen molar-refractivity contribution in [3.05, 3.63) is 29.8 Å². The average molecular weight is 336 g/mol. The minimum absolute atomic E-state index is 0.130. The average Bonchev–Trinajstić information content (AvgIpc) is 2.50. The van der Waals surface area contributed by atoms with Gasteiger partial charge in [0.05, 0.1) is 20.1 Å². The number of benzene rings is 1. The first kappa shape index (κ1) is 18.8. The maximum Gasteiger partial charge on any atom is 0.573 e. The van der Waals surface area contributed by atoms with Gasteiger partial charge in [-0.05, 0) is 24.1 Å². The first-order valence-corrected chi connectivity index (χ1v) is 6.36. The number of alkyl halides is 3. The van der Waals surface area contributed by atoms with Crippen LogP contribution in [0.3, 0.4) is 0 Å². The molecule has 0 saturated carbocycles. The molecule has 0 bridgehead atoms. The normalized spacial score (nSPS) is 13.8. The first-order chi connectivity index (χ1) is 10.7. The van der Waals surface area contributed by atoms with E-state index in [2.05, 4.69) is 14.2 Å². The molecular weight excluding hydrogens is 321 g/mol. The van der Waals surface area contributed by atoms with Gasteiger partial charge in [0.15, 0.2) is 6.10 Å². The quantitative estimate of drug-likeness (QED) is 0.792. The monoisotopic (exact) mass is 336 g/mol. The van der Waals surface area contributed by atoms with E-state index in [0.717, 1.165) is 26.4 Å². The standard InChI is InChI=1S/C14H15F3O6/c1-21-12(19)10(11(18)13(20)22-2)7-8-3-5-9(6-4-8)23-14(15,16)17/h3-6,10-11,18H,7H2,1-2H3. The maximum absolute atomic E-state index is 12.1. The molecule has 9 heteroatoms. The van der Waals surface area contributed by atoms with Gasteiger partial charge >= 0.3 is 18.3 Å². The largest absolute Gasteiger partial charge is 0.573 e. The van der Waals surface area contributed by atoms with Gasteiger partial charge in [-0.15, -0.1) is 13.2 Å². The summed E-state index contributed by atoms with van der Waals surface area (Å²) in [5, 5.41) is 9.80. The molecule has 23 heavy (non-hydrogen) atoms. The summed E-state index contributed by atoms with van der Waals surface area (Å²) >= 11 is 0. The second kappa shape index (κ2) is 7.82. The summed E-state index contributed by atoms with van der Waals surface area (Å²) in [7, 11) is 2.13. The molecule has 0 aliphatic rings. The third-order valence-corrected chi connectivity index (χ3v) is 2.94. The summed E-state index contributed by atoms with van der Waals surface area (Å²) < 4.78 is 48.8. The molecule has 1 aromatic rings. The zero-order valence-electron chi connectivity index (χ0n) is 12.3. The van der Waals surface area contributed by atoms with Crippen molar-refractivity contribution in [3.8, 4) is 5.75 Å². The van der Waals surface area contributed by atoms with Crippen LogP contribution in [0.15, 0.2) is 24.3 Å². The van der Waals surface area contributed by atoms with Crippen LogP contribution >= 0.6 is 0 Å². The van der Waals surface area contributed by atoms with Crippen LogP contribution in [0.2, 0.25) is 0 Å². The van der Waals surface area contributed by atoms with E-state index in [1.54, 1.807) is 0 Å². The number of ether oxygens (including phenoxy) is 3. The number of rotatable bonds is 6. The smallest absolute Gasteiger partial charge is 0.469 e. The van der Waals surface area contributed by atoms with Crippen LogP contribution in [-0.4, -0.2) is 43.7 Å². The number of esters is 2. The molecule has 0 fully saturated rings. The molecule has 0 aliphatic heterocycles. The summed E-state index contributed by atoms with van der Waals surface area (Å²) in [5.74, 6) is -3.54. The zero-order valence-corrected chi connectivity index (χ0v) is 12.3. The van der Waals surface area contributed by atoms with Gasteiger partial charge in [-0.2, -0.15) is 0 Å². The highest BCUT2D eigenvalue weighted by Gasteiger charge is 2.34. The molecule has 0 heterocycles. The number of hydrogen-bond donors (Lipinski definition) is 1. The third-order valence-electron chi connectivity index (χ3n) is 2.94. The highest BCUT2D eigenvalue weighted by molar-refractivity contribution is 5.83. The fourth-order valence-corrected chi connectivity index (χ4v) is 1.84. The number of carbonyl (C=O) groups excluding carboxylic acids is 2. The van der Waals surface area contributed by atoms with Crippen LogP contribution in [0.25, 0.3) is 0 Å². The van der Waals surface area contributed by atoms with Crippen molar-refractivity contribution in [1.82, 2.24) is 0 Å². The van der Waals surface area contributed by atoms with E-state index in [4.69, 9.17) is 0 Å². The zero-order chi connectivity index (χ0) is 17.6. The van der Waals surface area contributed by atoms with Crippen molar-refractivity contribution in [1.29, 1.82) is 0 Å². The molecule has 0 spiro atoms. The van der Waals surface area contributed by atoms with Crippen molar-refractivity contribution in [2.24, 2.45) is 5.92 Å². The fraction of sp³-hybridized carbons (Fsp3) is 0.429. The molecular formula is C14H15F3O6. The van der Waals surface area contributed by atoms with Gasteiger partial charge in [0.2, 0.25) is 0 Å². The highest BCUT2D eigenvalue weighted by Crippen LogP contribution is 2.24. The predicted octanol–water partition coefficient (Wildman–Crippen LogP) is 1.45. The molecule has 0 aliphatic carbocycles. The summed E-state index contributed by atoms with van der Waals surface area (Å²) in [6.45, 7) is 0. The number of halogens is 3. The van der Waals surface area contributed by atoms with E-state index in [1.165, 1.54) is 12.1 Å². The number of aliphatic hydroxyl groups excluding tert-OH is 1. The van der Waals surface area contributed by atoms with Crippen LogP contribution < -0.4 is 4.74 Å². The summed E-state index contributed by atoms with van der Waals surface area (Å²) in [6.07, 6.45) is -6.69. The molecule has 6 nitrogen and oxygen atoms in total. The van der Waals surface area contributed by atoms with Crippen molar-refractivity contribution >= 4 is 11.9 Å². The van der Waals surface area contributed by atoms with E-state index in [1.807, 2.05) is 0 Å². The second-order valence-corrected chi connectivity index (χ2v) is 4.49. The second-order valence-electron chi connectivity index (χ2n) is 4.49. The number of hydrogen-bond acceptors (Lipinski definition) is 6. The van der Waals surface area contributed by atoms with Gasteiger partial charge in [-0.1, -0.05) is 12.1 Å². The fourth-order valence-electron chi connectivity index (χ4n) is 1.84. The number of methoxy groups -OCH3 is 2. The minimum Gasteiger partial charge on any atom is -0.469 e. The molecule has 0 radical (unpaired) electrons. The van der Waals surface area contributed by atoms with Gasteiger partial charge in [0, 0.05) is 0 Å². The van der Waals surface area contributed by atoms with Gasteiger partial charge in [0.1, 0.15) is 5.75 Å². The van der Waals surface area contributed by atoms with E-state index >= 15 is 0 Å². The highest BCUT2D eigenvalue weighted by atomic mass is 19.4. The van der Waals surface area contributed by atoms with Crippen LogP contribution in [0.4, 0.5) is 13.2 Å². The Morgan fingerprint density at radius 3 is 2.04 bits per heavy atom. The Morgan fingerprint density at radius 1 is 1.09 bits per heavy atom. The lowest BCUT2D eigenvalue weighted by Gasteiger charge is -2.19. The Kier molecular flexibility index (Phi) is 6.38. The van der Waals surface area contributed by atoms with Crippen molar-refractivity contribution < 1.29 is 42.1 Å². The summed E-state index contributed by atoms with van der Waals surface area (Å²) in [6, 6.07) is 4.67. The Hall–Kier alpha value is -2.29. The number of aliphatic hydroxyl groups is 1. The van der Waals surface area contributed by atoms with Gasteiger partial charge < -0.3 is 19.3 Å². The molecule has 2 atom stereocenters. The van der Waals surface area contributed by atoms with Gasteiger partial charge in [-0.25, -0.2) is 4.79 Å².